The van der Waals surface area contributed by atoms with Crippen LogP contribution < -0.4 is 20.7 Å². The molecular weight excluding hydrogens is 592 g/mol. The molecule has 0 bridgehead atoms. The van der Waals surface area contributed by atoms with Gasteiger partial charge in [0, 0.05) is 92.8 Å². The van der Waals surface area contributed by atoms with E-state index in [1.165, 1.54) is 0 Å². The summed E-state index contributed by atoms with van der Waals surface area (Å²) in [4.78, 5) is 39.0. The van der Waals surface area contributed by atoms with Crippen molar-refractivity contribution < 1.29 is 9.53 Å². The van der Waals surface area contributed by atoms with Crippen molar-refractivity contribution in [2.75, 3.05) is 71.1 Å². The van der Waals surface area contributed by atoms with Crippen LogP contribution in [0.2, 0.25) is 0 Å². The number of fused-ring (bicyclic) bond motifs is 1. The Labute approximate surface area is 276 Å². The Hall–Kier alpha value is -4.65. The standard InChI is InChI=1S/C35H44N10O2/c1-6-24-21-39-35(42-33(24)40-28-7-8-29-32(27(28)22-36-3)38-12-11-37-29)41-30-19-23(2)26(20-31(30)47-5)34(46)45-13-9-25(10-14-45)44-17-15-43(4)16-18-44/h6-8,11-12,19-21,25,36H,1,9-10,13-18,22H2,2-5H3,(H2,39,40,41,42). The van der Waals surface area contributed by atoms with Gasteiger partial charge in [-0.2, -0.15) is 4.98 Å². The third-order valence-corrected chi connectivity index (χ3v) is 9.22. The van der Waals surface area contributed by atoms with Gasteiger partial charge in [-0.25, -0.2) is 4.98 Å². The second kappa shape index (κ2) is 14.4. The molecule has 0 spiro atoms. The predicted octanol–water partition coefficient (Wildman–Crippen LogP) is 4.44. The zero-order chi connectivity index (χ0) is 32.9. The summed E-state index contributed by atoms with van der Waals surface area (Å²) in [7, 11) is 5.68. The number of piperidine rings is 1. The van der Waals surface area contributed by atoms with Crippen molar-refractivity contribution in [3.05, 3.63) is 71.7 Å². The van der Waals surface area contributed by atoms with Gasteiger partial charge < -0.3 is 30.5 Å². The number of hydrogen-bond donors (Lipinski definition) is 3. The second-order valence-corrected chi connectivity index (χ2v) is 12.2. The maximum atomic E-state index is 13.7. The Kier molecular flexibility index (Phi) is 9.90. The molecule has 4 heterocycles. The average Bonchev–Trinajstić information content (AvgIpc) is 3.10. The van der Waals surface area contributed by atoms with Crippen LogP contribution in [-0.2, 0) is 6.54 Å². The molecule has 2 saturated heterocycles. The first kappa shape index (κ1) is 32.3. The molecule has 2 fully saturated rings. The van der Waals surface area contributed by atoms with Crippen molar-refractivity contribution in [3.63, 3.8) is 0 Å². The molecule has 47 heavy (non-hydrogen) atoms. The number of rotatable bonds is 10. The number of hydrogen-bond acceptors (Lipinski definition) is 11. The molecule has 0 saturated carbocycles. The number of carbonyl (C=O) groups excluding carboxylic acids is 1. The lowest BCUT2D eigenvalue weighted by Crippen LogP contribution is -2.53. The Morgan fingerprint density at radius 2 is 1.79 bits per heavy atom. The van der Waals surface area contributed by atoms with Gasteiger partial charge in [-0.05, 0) is 63.7 Å². The van der Waals surface area contributed by atoms with Crippen LogP contribution in [0.5, 0.6) is 5.75 Å². The van der Waals surface area contributed by atoms with Gasteiger partial charge in [-0.1, -0.05) is 12.7 Å². The molecule has 0 atom stereocenters. The third-order valence-electron chi connectivity index (χ3n) is 9.22. The summed E-state index contributed by atoms with van der Waals surface area (Å²) < 4.78 is 5.76. The fourth-order valence-electron chi connectivity index (χ4n) is 6.49. The van der Waals surface area contributed by atoms with Crippen LogP contribution in [0.3, 0.4) is 0 Å². The summed E-state index contributed by atoms with van der Waals surface area (Å²) >= 11 is 0. The molecule has 2 aliphatic rings. The highest BCUT2D eigenvalue weighted by molar-refractivity contribution is 5.97. The minimum absolute atomic E-state index is 0.0414. The number of likely N-dealkylation sites (tertiary alicyclic amines) is 1. The largest absolute Gasteiger partial charge is 0.495 e. The SMILES string of the molecule is C=Cc1cnc(Nc2cc(C)c(C(=O)N3CCC(N4CCN(C)CC4)CC3)cc2OC)nc1Nc1ccc2nccnc2c1CNC. The number of carbonyl (C=O) groups is 1. The van der Waals surface area contributed by atoms with E-state index in [9.17, 15) is 4.79 Å². The minimum Gasteiger partial charge on any atom is -0.495 e. The van der Waals surface area contributed by atoms with Crippen LogP contribution in [0.4, 0.5) is 23.1 Å². The Morgan fingerprint density at radius 1 is 1.02 bits per heavy atom. The molecule has 2 aromatic heterocycles. The van der Waals surface area contributed by atoms with Crippen molar-refractivity contribution in [3.8, 4) is 5.75 Å². The molecule has 12 nitrogen and oxygen atoms in total. The molecular formula is C35H44N10O2. The first-order chi connectivity index (χ1) is 22.9. The van der Waals surface area contributed by atoms with Crippen molar-refractivity contribution in [2.45, 2.75) is 32.4 Å². The van der Waals surface area contributed by atoms with Gasteiger partial charge in [0.05, 0.1) is 23.8 Å². The van der Waals surface area contributed by atoms with Crippen LogP contribution in [0.25, 0.3) is 17.1 Å². The number of amides is 1. The lowest BCUT2D eigenvalue weighted by Gasteiger charge is -2.42. The van der Waals surface area contributed by atoms with Gasteiger partial charge in [0.15, 0.2) is 0 Å². The lowest BCUT2D eigenvalue weighted by atomic mass is 10.00. The highest BCUT2D eigenvalue weighted by atomic mass is 16.5. The number of anilines is 4. The van der Waals surface area contributed by atoms with Gasteiger partial charge >= 0.3 is 0 Å². The van der Waals surface area contributed by atoms with E-state index < -0.39 is 0 Å². The van der Waals surface area contributed by atoms with Crippen LogP contribution in [0, 0.1) is 6.92 Å². The molecule has 2 aromatic carbocycles. The summed E-state index contributed by atoms with van der Waals surface area (Å²) in [5, 5.41) is 10.0. The van der Waals surface area contributed by atoms with Crippen LogP contribution in [-0.4, -0.2) is 107 Å². The number of nitrogens with one attached hydrogen (secondary N) is 3. The maximum absolute atomic E-state index is 13.7. The Bertz CT molecular complexity index is 1750. The number of nitrogens with zero attached hydrogens (tertiary/aromatic N) is 7. The summed E-state index contributed by atoms with van der Waals surface area (Å²) in [6.45, 7) is 12.4. The summed E-state index contributed by atoms with van der Waals surface area (Å²) in [6, 6.07) is 8.21. The Balaban J connectivity index is 1.19. The number of methoxy groups -OCH3 is 1. The molecule has 2 aliphatic heterocycles. The summed E-state index contributed by atoms with van der Waals surface area (Å²) in [5.41, 5.74) is 6.37. The quantitative estimate of drug-likeness (QED) is 0.229. The maximum Gasteiger partial charge on any atom is 0.254 e. The van der Waals surface area contributed by atoms with Crippen LogP contribution >= 0.6 is 0 Å². The first-order valence-electron chi connectivity index (χ1n) is 16.2. The fourth-order valence-corrected chi connectivity index (χ4v) is 6.49. The number of aryl methyl sites for hydroxylation is 1. The molecule has 4 aromatic rings. The Morgan fingerprint density at radius 3 is 2.51 bits per heavy atom. The van der Waals surface area contributed by atoms with Gasteiger partial charge in [0.2, 0.25) is 5.95 Å². The molecule has 3 N–H and O–H groups in total. The molecule has 1 amide bonds. The average molecular weight is 637 g/mol. The smallest absolute Gasteiger partial charge is 0.254 e. The van der Waals surface area contributed by atoms with Gasteiger partial charge in [-0.15, -0.1) is 0 Å². The highest BCUT2D eigenvalue weighted by Gasteiger charge is 2.30. The summed E-state index contributed by atoms with van der Waals surface area (Å²) in [5.74, 6) is 1.54. The number of benzene rings is 2. The number of piperazine rings is 1. The van der Waals surface area contributed by atoms with E-state index in [-0.39, 0.29) is 5.91 Å². The van der Waals surface area contributed by atoms with E-state index in [0.29, 0.717) is 41.4 Å². The second-order valence-electron chi connectivity index (χ2n) is 12.2. The number of likely N-dealkylation sites (N-methyl/N-ethyl adjacent to an activating group) is 1. The van der Waals surface area contributed by atoms with E-state index in [1.807, 2.05) is 43.1 Å². The van der Waals surface area contributed by atoms with Crippen molar-refractivity contribution >= 4 is 46.2 Å². The number of ether oxygens (including phenoxy) is 1. The molecule has 0 radical (unpaired) electrons. The third kappa shape index (κ3) is 7.04. The minimum atomic E-state index is 0.0414. The van der Waals surface area contributed by atoms with Gasteiger partial charge in [0.1, 0.15) is 11.6 Å². The zero-order valence-corrected chi connectivity index (χ0v) is 27.7. The predicted molar refractivity (Wildman–Crippen MR) is 187 cm³/mol. The molecule has 246 valence electrons. The summed E-state index contributed by atoms with van der Waals surface area (Å²) in [6.07, 6.45) is 8.81. The highest BCUT2D eigenvalue weighted by Crippen LogP contribution is 2.33. The molecule has 12 heteroatoms. The van der Waals surface area contributed by atoms with Crippen molar-refractivity contribution in [1.82, 2.24) is 40.0 Å². The lowest BCUT2D eigenvalue weighted by molar-refractivity contribution is 0.0518. The monoisotopic (exact) mass is 636 g/mol. The normalized spacial score (nSPS) is 16.3. The van der Waals surface area contributed by atoms with Crippen molar-refractivity contribution in [1.29, 1.82) is 0 Å². The topological polar surface area (TPSA) is 124 Å². The first-order valence-corrected chi connectivity index (χ1v) is 16.2. The zero-order valence-electron chi connectivity index (χ0n) is 27.7. The van der Waals surface area contributed by atoms with E-state index in [2.05, 4.69) is 54.3 Å². The van der Waals surface area contributed by atoms with Gasteiger partial charge in [-0.3, -0.25) is 19.7 Å². The van der Waals surface area contributed by atoms with E-state index in [4.69, 9.17) is 9.72 Å². The van der Waals surface area contributed by atoms with Crippen LogP contribution in [0.15, 0.2) is 49.4 Å². The number of aromatic nitrogens is 4. The van der Waals surface area contributed by atoms with E-state index in [0.717, 1.165) is 85.5 Å². The van der Waals surface area contributed by atoms with Crippen molar-refractivity contribution in [2.24, 2.45) is 0 Å². The van der Waals surface area contributed by atoms with E-state index in [1.54, 1.807) is 31.8 Å². The molecule has 6 rings (SSSR count). The molecule has 0 unspecified atom stereocenters. The van der Waals surface area contributed by atoms with Gasteiger partial charge in [0.25, 0.3) is 5.91 Å². The van der Waals surface area contributed by atoms with Crippen LogP contribution in [0.1, 0.15) is 39.9 Å². The van der Waals surface area contributed by atoms with E-state index >= 15 is 0 Å². The molecule has 0 aliphatic carbocycles. The fraction of sp³-hybridized carbons (Fsp3) is 0.400.